The number of rotatable bonds is 5. The van der Waals surface area contributed by atoms with Gasteiger partial charge >= 0.3 is 0 Å². The number of amides is 2. The van der Waals surface area contributed by atoms with Crippen molar-refractivity contribution in [3.05, 3.63) is 35.6 Å². The van der Waals surface area contributed by atoms with E-state index in [0.717, 1.165) is 25.9 Å². The quantitative estimate of drug-likeness (QED) is 0.909. The summed E-state index contributed by atoms with van der Waals surface area (Å²) in [7, 11) is 0. The number of hydrogen-bond donors (Lipinski definition) is 1. The van der Waals surface area contributed by atoms with Crippen molar-refractivity contribution in [2.24, 2.45) is 5.92 Å². The van der Waals surface area contributed by atoms with Crippen LogP contribution in [0.15, 0.2) is 24.3 Å². The molecule has 0 saturated carbocycles. The van der Waals surface area contributed by atoms with E-state index in [1.165, 1.54) is 24.3 Å². The fourth-order valence-electron chi connectivity index (χ4n) is 2.69. The molecule has 1 saturated heterocycles. The van der Waals surface area contributed by atoms with Crippen molar-refractivity contribution in [2.45, 2.75) is 39.2 Å². The largest absolute Gasteiger partial charge is 0.341 e. The fourth-order valence-corrected chi connectivity index (χ4v) is 2.69. The molecule has 1 heterocycles. The SMILES string of the molecule is CC(C)C[C@H](NC(=O)c1ccc(F)cc1)C(=O)N1CCCC1. The van der Waals surface area contributed by atoms with Gasteiger partial charge in [-0.1, -0.05) is 13.8 Å². The van der Waals surface area contributed by atoms with Crippen molar-refractivity contribution < 1.29 is 14.0 Å². The molecule has 0 aromatic heterocycles. The lowest BCUT2D eigenvalue weighted by atomic mass is 10.0. The molecule has 2 amide bonds. The first-order chi connectivity index (χ1) is 10.5. The minimum Gasteiger partial charge on any atom is -0.341 e. The predicted octanol–water partition coefficient (Wildman–Crippen LogP) is 2.59. The molecule has 1 aliphatic heterocycles. The average Bonchev–Trinajstić information content (AvgIpc) is 3.00. The third-order valence-corrected chi connectivity index (χ3v) is 3.83. The third kappa shape index (κ3) is 4.29. The molecule has 1 aromatic rings. The Hall–Kier alpha value is -1.91. The second-order valence-electron chi connectivity index (χ2n) is 6.19. The molecule has 1 aliphatic rings. The Morgan fingerprint density at radius 2 is 1.77 bits per heavy atom. The van der Waals surface area contributed by atoms with Gasteiger partial charge in [0.05, 0.1) is 0 Å². The van der Waals surface area contributed by atoms with Crippen molar-refractivity contribution in [3.8, 4) is 0 Å². The van der Waals surface area contributed by atoms with Crippen LogP contribution in [-0.2, 0) is 4.79 Å². The highest BCUT2D eigenvalue weighted by Crippen LogP contribution is 2.14. The number of carbonyl (C=O) groups is 2. The molecule has 0 bridgehead atoms. The van der Waals surface area contributed by atoms with Gasteiger partial charge in [-0.15, -0.1) is 0 Å². The zero-order chi connectivity index (χ0) is 16.1. The van der Waals surface area contributed by atoms with Crippen LogP contribution in [0.2, 0.25) is 0 Å². The maximum atomic E-state index is 12.9. The number of nitrogens with one attached hydrogen (secondary N) is 1. The second-order valence-corrected chi connectivity index (χ2v) is 6.19. The highest BCUT2D eigenvalue weighted by atomic mass is 19.1. The maximum Gasteiger partial charge on any atom is 0.251 e. The summed E-state index contributed by atoms with van der Waals surface area (Å²) < 4.78 is 12.9. The van der Waals surface area contributed by atoms with E-state index in [4.69, 9.17) is 0 Å². The lowest BCUT2D eigenvalue weighted by Crippen LogP contribution is -2.48. The van der Waals surface area contributed by atoms with Gasteiger partial charge in [0.15, 0.2) is 0 Å². The van der Waals surface area contributed by atoms with E-state index in [1.807, 2.05) is 18.7 Å². The predicted molar refractivity (Wildman–Crippen MR) is 82.9 cm³/mol. The number of halogens is 1. The Morgan fingerprint density at radius 1 is 1.18 bits per heavy atom. The maximum absolute atomic E-state index is 12.9. The highest BCUT2D eigenvalue weighted by molar-refractivity contribution is 5.97. The lowest BCUT2D eigenvalue weighted by Gasteiger charge is -2.25. The molecule has 22 heavy (non-hydrogen) atoms. The first-order valence-corrected chi connectivity index (χ1v) is 7.82. The van der Waals surface area contributed by atoms with Gasteiger partial charge in [-0.05, 0) is 49.4 Å². The van der Waals surface area contributed by atoms with E-state index in [-0.39, 0.29) is 17.6 Å². The number of hydrogen-bond acceptors (Lipinski definition) is 2. The zero-order valence-corrected chi connectivity index (χ0v) is 13.1. The molecule has 1 N–H and O–H groups in total. The fraction of sp³-hybridized carbons (Fsp3) is 0.529. The van der Waals surface area contributed by atoms with Crippen LogP contribution in [0.1, 0.15) is 43.5 Å². The van der Waals surface area contributed by atoms with Gasteiger partial charge < -0.3 is 10.2 Å². The summed E-state index contributed by atoms with van der Waals surface area (Å²) in [6, 6.07) is 4.83. The van der Waals surface area contributed by atoms with Gasteiger partial charge in [0.2, 0.25) is 5.91 Å². The summed E-state index contributed by atoms with van der Waals surface area (Å²) in [6.45, 7) is 5.57. The minimum atomic E-state index is -0.518. The van der Waals surface area contributed by atoms with Crippen molar-refractivity contribution in [1.82, 2.24) is 10.2 Å². The Labute approximate surface area is 130 Å². The Balaban J connectivity index is 2.06. The number of likely N-dealkylation sites (tertiary alicyclic amines) is 1. The van der Waals surface area contributed by atoms with Crippen molar-refractivity contribution >= 4 is 11.8 Å². The molecular weight excluding hydrogens is 283 g/mol. The lowest BCUT2D eigenvalue weighted by molar-refractivity contribution is -0.132. The van der Waals surface area contributed by atoms with E-state index >= 15 is 0 Å². The van der Waals surface area contributed by atoms with Crippen LogP contribution >= 0.6 is 0 Å². The molecule has 1 fully saturated rings. The van der Waals surface area contributed by atoms with E-state index in [9.17, 15) is 14.0 Å². The topological polar surface area (TPSA) is 49.4 Å². The number of carbonyl (C=O) groups excluding carboxylic acids is 2. The van der Waals surface area contributed by atoms with Crippen LogP contribution in [0.3, 0.4) is 0 Å². The summed E-state index contributed by atoms with van der Waals surface area (Å²) in [5, 5.41) is 2.81. The van der Waals surface area contributed by atoms with Gasteiger partial charge in [0.25, 0.3) is 5.91 Å². The first kappa shape index (κ1) is 16.5. The van der Waals surface area contributed by atoms with Crippen LogP contribution < -0.4 is 5.32 Å². The van der Waals surface area contributed by atoms with E-state index in [0.29, 0.717) is 17.9 Å². The van der Waals surface area contributed by atoms with Crippen LogP contribution in [0.5, 0.6) is 0 Å². The average molecular weight is 306 g/mol. The summed E-state index contributed by atoms with van der Waals surface area (Å²) in [4.78, 5) is 26.6. The standard InChI is InChI=1S/C17H23FN2O2/c1-12(2)11-15(17(22)20-9-3-4-10-20)19-16(21)13-5-7-14(18)8-6-13/h5-8,12,15H,3-4,9-11H2,1-2H3,(H,19,21)/t15-/m0/s1. The summed E-state index contributed by atoms with van der Waals surface area (Å²) in [5.74, 6) is -0.437. The Kier molecular flexibility index (Phi) is 5.52. The zero-order valence-electron chi connectivity index (χ0n) is 13.1. The molecule has 5 heteroatoms. The van der Waals surface area contributed by atoms with E-state index < -0.39 is 6.04 Å². The molecule has 0 radical (unpaired) electrons. The van der Waals surface area contributed by atoms with Crippen molar-refractivity contribution in [1.29, 1.82) is 0 Å². The molecular formula is C17H23FN2O2. The molecule has 0 spiro atoms. The van der Waals surface area contributed by atoms with Gasteiger partial charge in [0, 0.05) is 18.7 Å². The minimum absolute atomic E-state index is 0.0124. The molecule has 2 rings (SSSR count). The van der Waals surface area contributed by atoms with Crippen molar-refractivity contribution in [2.75, 3.05) is 13.1 Å². The first-order valence-electron chi connectivity index (χ1n) is 7.82. The van der Waals surface area contributed by atoms with Crippen molar-refractivity contribution in [3.63, 3.8) is 0 Å². The van der Waals surface area contributed by atoms with Crippen LogP contribution in [0, 0.1) is 11.7 Å². The molecule has 0 unspecified atom stereocenters. The van der Waals surface area contributed by atoms with Gasteiger partial charge in [-0.25, -0.2) is 4.39 Å². The molecule has 1 aromatic carbocycles. The smallest absolute Gasteiger partial charge is 0.251 e. The summed E-state index contributed by atoms with van der Waals surface area (Å²) in [5.41, 5.74) is 0.365. The van der Waals surface area contributed by atoms with Crippen LogP contribution in [-0.4, -0.2) is 35.8 Å². The second kappa shape index (κ2) is 7.38. The Bertz CT molecular complexity index is 522. The summed E-state index contributed by atoms with van der Waals surface area (Å²) in [6.07, 6.45) is 2.64. The number of nitrogens with zero attached hydrogens (tertiary/aromatic N) is 1. The van der Waals surface area contributed by atoms with Gasteiger partial charge in [0.1, 0.15) is 11.9 Å². The molecule has 1 atom stereocenters. The Morgan fingerprint density at radius 3 is 2.32 bits per heavy atom. The van der Waals surface area contributed by atoms with Gasteiger partial charge in [-0.3, -0.25) is 9.59 Å². The van der Waals surface area contributed by atoms with E-state index in [1.54, 1.807) is 0 Å². The monoisotopic (exact) mass is 306 g/mol. The molecule has 0 aliphatic carbocycles. The van der Waals surface area contributed by atoms with Crippen LogP contribution in [0.25, 0.3) is 0 Å². The molecule has 4 nitrogen and oxygen atoms in total. The third-order valence-electron chi connectivity index (χ3n) is 3.83. The number of benzene rings is 1. The normalized spacial score (nSPS) is 15.9. The molecule has 120 valence electrons. The van der Waals surface area contributed by atoms with Gasteiger partial charge in [-0.2, -0.15) is 0 Å². The summed E-state index contributed by atoms with van der Waals surface area (Å²) >= 11 is 0. The highest BCUT2D eigenvalue weighted by Gasteiger charge is 2.28. The van der Waals surface area contributed by atoms with Crippen LogP contribution in [0.4, 0.5) is 4.39 Å². The van der Waals surface area contributed by atoms with E-state index in [2.05, 4.69) is 5.32 Å².